The number of nitrogens with zero attached hydrogens (tertiary/aromatic N) is 3. The number of hydrogen-bond donors (Lipinski definition) is 0. The van der Waals surface area contributed by atoms with E-state index in [1.54, 1.807) is 0 Å². The van der Waals surface area contributed by atoms with Crippen LogP contribution in [0, 0.1) is 22.5 Å². The van der Waals surface area contributed by atoms with Gasteiger partial charge in [0.15, 0.2) is 0 Å². The Hall–Kier alpha value is -1.54. The second-order valence-electron chi connectivity index (χ2n) is 2.30. The molecule has 0 unspecified atom stereocenters. The maximum absolute atomic E-state index is 10.4. The van der Waals surface area contributed by atoms with Crippen molar-refractivity contribution < 1.29 is 4.92 Å². The van der Waals surface area contributed by atoms with Gasteiger partial charge in [-0.25, -0.2) is 4.57 Å². The molecule has 0 saturated heterocycles. The van der Waals surface area contributed by atoms with E-state index in [0.29, 0.717) is 5.69 Å². The smallest absolute Gasteiger partial charge is 0.390 e. The number of aromatic nitrogens is 2. The van der Waals surface area contributed by atoms with Gasteiger partial charge in [0.25, 0.3) is 0 Å². The summed E-state index contributed by atoms with van der Waals surface area (Å²) < 4.78 is 1.28. The van der Waals surface area contributed by atoms with Gasteiger partial charge < -0.3 is 10.1 Å². The molecule has 1 heterocycles. The molecule has 0 aliphatic rings. The summed E-state index contributed by atoms with van der Waals surface area (Å²) in [5, 5.41) is 10.4. The van der Waals surface area contributed by atoms with Crippen LogP contribution in [0.2, 0.25) is 0 Å². The predicted octanol–water partition coefficient (Wildman–Crippen LogP) is 1.05. The van der Waals surface area contributed by atoms with Crippen LogP contribution in [0.4, 0.5) is 5.95 Å². The SMILES string of the molecule is C#Cc1nc([N+](=O)[O-])n(C)c1CCl. The van der Waals surface area contributed by atoms with Gasteiger partial charge >= 0.3 is 5.95 Å². The zero-order valence-corrected chi connectivity index (χ0v) is 7.58. The average Bonchev–Trinajstić information content (AvgIpc) is 2.41. The summed E-state index contributed by atoms with van der Waals surface area (Å²) >= 11 is 5.56. The van der Waals surface area contributed by atoms with Crippen molar-refractivity contribution in [2.45, 2.75) is 5.88 Å². The summed E-state index contributed by atoms with van der Waals surface area (Å²) in [6.45, 7) is 0. The van der Waals surface area contributed by atoms with E-state index < -0.39 is 4.92 Å². The minimum absolute atomic E-state index is 0.108. The van der Waals surface area contributed by atoms with E-state index >= 15 is 0 Å². The van der Waals surface area contributed by atoms with Crippen molar-refractivity contribution in [2.75, 3.05) is 0 Å². The Morgan fingerprint density at radius 1 is 1.85 bits per heavy atom. The van der Waals surface area contributed by atoms with Crippen molar-refractivity contribution in [1.29, 1.82) is 0 Å². The van der Waals surface area contributed by atoms with Crippen LogP contribution in [0.15, 0.2) is 0 Å². The Morgan fingerprint density at radius 3 is 2.77 bits per heavy atom. The molecule has 1 rings (SSSR count). The molecule has 0 atom stereocenters. The minimum Gasteiger partial charge on any atom is -0.390 e. The molecule has 0 fully saturated rings. The van der Waals surface area contributed by atoms with Crippen molar-refractivity contribution in [3.63, 3.8) is 0 Å². The topological polar surface area (TPSA) is 61.0 Å². The van der Waals surface area contributed by atoms with E-state index in [-0.39, 0.29) is 17.5 Å². The summed E-state index contributed by atoms with van der Waals surface area (Å²) in [5.74, 6) is 2.06. The van der Waals surface area contributed by atoms with Crippen LogP contribution >= 0.6 is 11.6 Å². The number of hydrogen-bond acceptors (Lipinski definition) is 3. The molecule has 0 amide bonds. The summed E-state index contributed by atoms with van der Waals surface area (Å²) in [4.78, 5) is 13.5. The minimum atomic E-state index is -0.600. The molecule has 6 heteroatoms. The number of nitro groups is 1. The third-order valence-electron chi connectivity index (χ3n) is 1.62. The normalized spacial score (nSPS) is 9.62. The first kappa shape index (κ1) is 9.55. The molecular weight excluding hydrogens is 194 g/mol. The quantitative estimate of drug-likeness (QED) is 0.310. The number of terminal acetylenes is 1. The van der Waals surface area contributed by atoms with Gasteiger partial charge in [-0.1, -0.05) is 4.98 Å². The fraction of sp³-hybridized carbons (Fsp3) is 0.286. The van der Waals surface area contributed by atoms with Gasteiger partial charge in [-0.05, 0) is 10.8 Å². The van der Waals surface area contributed by atoms with Crippen molar-refractivity contribution in [3.8, 4) is 12.3 Å². The summed E-state index contributed by atoms with van der Waals surface area (Å²) in [5.41, 5.74) is 0.708. The lowest BCUT2D eigenvalue weighted by molar-refractivity contribution is -0.396. The number of rotatable bonds is 2. The van der Waals surface area contributed by atoms with Crippen LogP contribution in [-0.4, -0.2) is 14.5 Å². The monoisotopic (exact) mass is 199 g/mol. The maximum Gasteiger partial charge on any atom is 0.435 e. The second-order valence-corrected chi connectivity index (χ2v) is 2.57. The lowest BCUT2D eigenvalue weighted by Crippen LogP contribution is -2.00. The maximum atomic E-state index is 10.4. The number of halogens is 1. The highest BCUT2D eigenvalue weighted by atomic mass is 35.5. The van der Waals surface area contributed by atoms with Gasteiger partial charge in [-0.3, -0.25) is 0 Å². The number of alkyl halides is 1. The molecule has 0 aliphatic carbocycles. The van der Waals surface area contributed by atoms with Crippen LogP contribution < -0.4 is 0 Å². The van der Waals surface area contributed by atoms with Gasteiger partial charge in [-0.15, -0.1) is 18.0 Å². The average molecular weight is 200 g/mol. The van der Waals surface area contributed by atoms with Crippen molar-refractivity contribution in [1.82, 2.24) is 9.55 Å². The van der Waals surface area contributed by atoms with E-state index in [2.05, 4.69) is 10.9 Å². The molecule has 0 bridgehead atoms. The Kier molecular flexibility index (Phi) is 2.54. The standard InChI is InChI=1S/C7H6ClN3O2/c1-3-5-6(4-8)10(2)7(9-5)11(12)13/h1H,4H2,2H3. The first-order chi connectivity index (χ1) is 6.11. The Labute approximate surface area is 79.5 Å². The third kappa shape index (κ3) is 1.48. The molecule has 5 nitrogen and oxygen atoms in total. The Morgan fingerprint density at radius 2 is 2.46 bits per heavy atom. The first-order valence-corrected chi connectivity index (χ1v) is 3.87. The van der Waals surface area contributed by atoms with Crippen LogP contribution in [0.3, 0.4) is 0 Å². The third-order valence-corrected chi connectivity index (χ3v) is 1.87. The zero-order valence-electron chi connectivity index (χ0n) is 6.82. The molecule has 0 radical (unpaired) electrons. The molecule has 0 N–H and O–H groups in total. The van der Waals surface area contributed by atoms with Gasteiger partial charge in [0.05, 0.1) is 12.9 Å². The highest BCUT2D eigenvalue weighted by Gasteiger charge is 2.22. The summed E-state index contributed by atoms with van der Waals surface area (Å²) in [6, 6.07) is 0. The Balaban J connectivity index is 3.37. The molecule has 1 aromatic heterocycles. The lowest BCUT2D eigenvalue weighted by Gasteiger charge is -1.94. The molecule has 0 aliphatic heterocycles. The molecule has 0 spiro atoms. The second kappa shape index (κ2) is 3.46. The number of imidazole rings is 1. The van der Waals surface area contributed by atoms with Crippen molar-refractivity contribution in [3.05, 3.63) is 21.5 Å². The van der Waals surface area contributed by atoms with Crippen LogP contribution in [0.25, 0.3) is 0 Å². The molecule has 0 saturated carbocycles. The van der Waals surface area contributed by atoms with Crippen LogP contribution in [-0.2, 0) is 12.9 Å². The predicted molar refractivity (Wildman–Crippen MR) is 47.4 cm³/mol. The summed E-state index contributed by atoms with van der Waals surface area (Å²) in [6.07, 6.45) is 5.10. The van der Waals surface area contributed by atoms with E-state index in [1.807, 2.05) is 0 Å². The first-order valence-electron chi connectivity index (χ1n) is 3.34. The van der Waals surface area contributed by atoms with Gasteiger partial charge in [0.1, 0.15) is 5.69 Å². The summed E-state index contributed by atoms with van der Waals surface area (Å²) in [7, 11) is 1.50. The van der Waals surface area contributed by atoms with Crippen LogP contribution in [0.5, 0.6) is 0 Å². The van der Waals surface area contributed by atoms with E-state index in [4.69, 9.17) is 18.0 Å². The van der Waals surface area contributed by atoms with Gasteiger partial charge in [-0.2, -0.15) is 0 Å². The molecule has 1 aromatic rings. The van der Waals surface area contributed by atoms with Gasteiger partial charge in [0.2, 0.25) is 5.69 Å². The van der Waals surface area contributed by atoms with E-state index in [1.165, 1.54) is 11.6 Å². The largest absolute Gasteiger partial charge is 0.435 e. The molecule has 0 aromatic carbocycles. The highest BCUT2D eigenvalue weighted by molar-refractivity contribution is 6.17. The van der Waals surface area contributed by atoms with Crippen LogP contribution in [0.1, 0.15) is 11.4 Å². The van der Waals surface area contributed by atoms with E-state index in [9.17, 15) is 10.1 Å². The van der Waals surface area contributed by atoms with Gasteiger partial charge in [0, 0.05) is 0 Å². The fourth-order valence-corrected chi connectivity index (χ4v) is 1.26. The van der Waals surface area contributed by atoms with Crippen molar-refractivity contribution >= 4 is 17.5 Å². The zero-order chi connectivity index (χ0) is 10.0. The molecule has 68 valence electrons. The van der Waals surface area contributed by atoms with Crippen molar-refractivity contribution in [2.24, 2.45) is 7.05 Å². The Bertz CT molecular complexity index is 391. The fourth-order valence-electron chi connectivity index (χ4n) is 0.951. The van der Waals surface area contributed by atoms with E-state index in [0.717, 1.165) is 0 Å². The molecule has 13 heavy (non-hydrogen) atoms. The highest BCUT2D eigenvalue weighted by Crippen LogP contribution is 2.17. The lowest BCUT2D eigenvalue weighted by atomic mass is 10.3. The molecular formula is C7H6ClN3O2.